The summed E-state index contributed by atoms with van der Waals surface area (Å²) in [6.07, 6.45) is 12.6. The molecule has 0 spiro atoms. The van der Waals surface area contributed by atoms with Gasteiger partial charge >= 0.3 is 0 Å². The molecule has 1 unspecified atom stereocenters. The minimum absolute atomic E-state index is 0.645. The molecule has 1 nitrogen and oxygen atoms in total. The highest BCUT2D eigenvalue weighted by Gasteiger charge is 2.03. The van der Waals surface area contributed by atoms with Crippen LogP contribution in [0.25, 0.3) is 0 Å². The SMILES string of the molecule is CCCCC=CC(CC)Cc1ccccn1. The number of allylic oxidation sites excluding steroid dienone is 2. The molecule has 0 aliphatic rings. The standard InChI is InChI=1S/C15H23N/c1-3-5-6-7-10-14(4-2)13-15-11-8-9-12-16-15/h7-12,14H,3-6,13H2,1-2H3. The summed E-state index contributed by atoms with van der Waals surface area (Å²) in [5.41, 5.74) is 1.20. The molecule has 0 saturated heterocycles. The third-order valence-electron chi connectivity index (χ3n) is 2.85. The maximum absolute atomic E-state index is 4.38. The first-order valence-corrected chi connectivity index (χ1v) is 6.43. The summed E-state index contributed by atoms with van der Waals surface area (Å²) in [4.78, 5) is 4.38. The van der Waals surface area contributed by atoms with Crippen LogP contribution in [0.15, 0.2) is 36.5 Å². The number of unbranched alkanes of at least 4 members (excludes halogenated alkanes) is 2. The smallest absolute Gasteiger partial charge is 0.0409 e. The average molecular weight is 217 g/mol. The minimum atomic E-state index is 0.645. The first-order chi connectivity index (χ1) is 7.86. The van der Waals surface area contributed by atoms with Crippen molar-refractivity contribution in [3.05, 3.63) is 42.2 Å². The Morgan fingerprint density at radius 2 is 2.19 bits per heavy atom. The van der Waals surface area contributed by atoms with Crippen LogP contribution in [0.5, 0.6) is 0 Å². The molecule has 0 N–H and O–H groups in total. The molecule has 1 aromatic rings. The number of hydrogen-bond acceptors (Lipinski definition) is 1. The van der Waals surface area contributed by atoms with Crippen molar-refractivity contribution in [1.29, 1.82) is 0 Å². The van der Waals surface area contributed by atoms with Gasteiger partial charge < -0.3 is 0 Å². The van der Waals surface area contributed by atoms with Crippen molar-refractivity contribution in [1.82, 2.24) is 4.98 Å². The summed E-state index contributed by atoms with van der Waals surface area (Å²) in [6.45, 7) is 4.48. The van der Waals surface area contributed by atoms with E-state index in [0.29, 0.717) is 5.92 Å². The van der Waals surface area contributed by atoms with Crippen molar-refractivity contribution in [2.45, 2.75) is 46.0 Å². The largest absolute Gasteiger partial charge is 0.261 e. The van der Waals surface area contributed by atoms with Gasteiger partial charge in [-0.05, 0) is 37.3 Å². The molecule has 0 radical (unpaired) electrons. The van der Waals surface area contributed by atoms with E-state index in [9.17, 15) is 0 Å². The second kappa shape index (κ2) is 8.09. The van der Waals surface area contributed by atoms with Crippen molar-refractivity contribution < 1.29 is 0 Å². The van der Waals surface area contributed by atoms with Crippen LogP contribution in [0.1, 0.15) is 45.2 Å². The molecular weight excluding hydrogens is 194 g/mol. The molecule has 0 fully saturated rings. The lowest BCUT2D eigenvalue weighted by Crippen LogP contribution is -2.01. The minimum Gasteiger partial charge on any atom is -0.261 e. The van der Waals surface area contributed by atoms with Gasteiger partial charge in [0.1, 0.15) is 0 Å². The molecule has 0 aliphatic carbocycles. The molecule has 1 heteroatoms. The van der Waals surface area contributed by atoms with Crippen molar-refractivity contribution in [3.8, 4) is 0 Å². The highest BCUT2D eigenvalue weighted by atomic mass is 14.7. The molecule has 1 aromatic heterocycles. The number of nitrogens with zero attached hydrogens (tertiary/aromatic N) is 1. The van der Waals surface area contributed by atoms with Crippen LogP contribution in [0.2, 0.25) is 0 Å². The summed E-state index contributed by atoms with van der Waals surface area (Å²) >= 11 is 0. The van der Waals surface area contributed by atoms with E-state index < -0.39 is 0 Å². The summed E-state index contributed by atoms with van der Waals surface area (Å²) in [5, 5.41) is 0. The fourth-order valence-corrected chi connectivity index (χ4v) is 1.75. The molecule has 0 aromatic carbocycles. The lowest BCUT2D eigenvalue weighted by atomic mass is 9.99. The highest BCUT2D eigenvalue weighted by Crippen LogP contribution is 2.12. The zero-order chi connectivity index (χ0) is 11.6. The molecule has 0 bridgehead atoms. The molecule has 88 valence electrons. The lowest BCUT2D eigenvalue weighted by Gasteiger charge is -2.09. The fourth-order valence-electron chi connectivity index (χ4n) is 1.75. The first kappa shape index (κ1) is 13.0. The number of hydrogen-bond donors (Lipinski definition) is 0. The van der Waals surface area contributed by atoms with Crippen molar-refractivity contribution >= 4 is 0 Å². The fraction of sp³-hybridized carbons (Fsp3) is 0.533. The molecule has 0 amide bonds. The van der Waals surface area contributed by atoms with Gasteiger partial charge in [-0.2, -0.15) is 0 Å². The Morgan fingerprint density at radius 1 is 1.31 bits per heavy atom. The van der Waals surface area contributed by atoms with Gasteiger partial charge in [0.15, 0.2) is 0 Å². The van der Waals surface area contributed by atoms with Crippen molar-refractivity contribution in [3.63, 3.8) is 0 Å². The van der Waals surface area contributed by atoms with Gasteiger partial charge in [0.05, 0.1) is 0 Å². The van der Waals surface area contributed by atoms with E-state index in [1.165, 1.54) is 31.4 Å². The Labute approximate surface area is 99.6 Å². The Bertz CT molecular complexity index is 290. The second-order valence-corrected chi connectivity index (χ2v) is 4.26. The Balaban J connectivity index is 2.40. The normalized spacial score (nSPS) is 13.1. The number of aromatic nitrogens is 1. The van der Waals surface area contributed by atoms with Gasteiger partial charge in [0.25, 0.3) is 0 Å². The van der Waals surface area contributed by atoms with E-state index in [1.807, 2.05) is 12.3 Å². The summed E-state index contributed by atoms with van der Waals surface area (Å²) in [7, 11) is 0. The lowest BCUT2D eigenvalue weighted by molar-refractivity contribution is 0.611. The van der Waals surface area contributed by atoms with Gasteiger partial charge in [0, 0.05) is 11.9 Å². The van der Waals surface area contributed by atoms with Gasteiger partial charge in [-0.1, -0.05) is 44.9 Å². The van der Waals surface area contributed by atoms with Gasteiger partial charge in [-0.3, -0.25) is 4.98 Å². The third-order valence-corrected chi connectivity index (χ3v) is 2.85. The van der Waals surface area contributed by atoms with Gasteiger partial charge in [0.2, 0.25) is 0 Å². The van der Waals surface area contributed by atoms with E-state index in [4.69, 9.17) is 0 Å². The summed E-state index contributed by atoms with van der Waals surface area (Å²) < 4.78 is 0. The topological polar surface area (TPSA) is 12.9 Å². The predicted molar refractivity (Wildman–Crippen MR) is 70.4 cm³/mol. The molecule has 1 heterocycles. The van der Waals surface area contributed by atoms with Crippen LogP contribution in [-0.2, 0) is 6.42 Å². The number of rotatable bonds is 7. The number of pyridine rings is 1. The van der Waals surface area contributed by atoms with Gasteiger partial charge in [-0.25, -0.2) is 0 Å². The zero-order valence-corrected chi connectivity index (χ0v) is 10.5. The van der Waals surface area contributed by atoms with Crippen molar-refractivity contribution in [2.75, 3.05) is 0 Å². The van der Waals surface area contributed by atoms with Crippen LogP contribution in [-0.4, -0.2) is 4.98 Å². The van der Waals surface area contributed by atoms with E-state index in [1.54, 1.807) is 0 Å². The van der Waals surface area contributed by atoms with Crippen LogP contribution < -0.4 is 0 Å². The van der Waals surface area contributed by atoms with Crippen LogP contribution in [0, 0.1) is 5.92 Å². The molecule has 16 heavy (non-hydrogen) atoms. The summed E-state index contributed by atoms with van der Waals surface area (Å²) in [5.74, 6) is 0.645. The molecular formula is C15H23N. The Morgan fingerprint density at radius 3 is 2.81 bits per heavy atom. The molecule has 0 aliphatic heterocycles. The molecule has 1 rings (SSSR count). The third kappa shape index (κ3) is 5.11. The van der Waals surface area contributed by atoms with Crippen LogP contribution in [0.4, 0.5) is 0 Å². The Kier molecular flexibility index (Phi) is 6.55. The summed E-state index contributed by atoms with van der Waals surface area (Å²) in [6, 6.07) is 6.15. The maximum atomic E-state index is 4.38. The van der Waals surface area contributed by atoms with E-state index in [-0.39, 0.29) is 0 Å². The zero-order valence-electron chi connectivity index (χ0n) is 10.5. The predicted octanol–water partition coefficient (Wildman–Crippen LogP) is 4.40. The highest BCUT2D eigenvalue weighted by molar-refractivity contribution is 5.06. The quantitative estimate of drug-likeness (QED) is 0.487. The van der Waals surface area contributed by atoms with E-state index >= 15 is 0 Å². The van der Waals surface area contributed by atoms with Crippen LogP contribution in [0.3, 0.4) is 0 Å². The molecule has 0 saturated carbocycles. The van der Waals surface area contributed by atoms with Crippen molar-refractivity contribution in [2.24, 2.45) is 5.92 Å². The first-order valence-electron chi connectivity index (χ1n) is 6.43. The Hall–Kier alpha value is -1.11. The van der Waals surface area contributed by atoms with Crippen LogP contribution >= 0.6 is 0 Å². The monoisotopic (exact) mass is 217 g/mol. The van der Waals surface area contributed by atoms with Gasteiger partial charge in [-0.15, -0.1) is 0 Å². The molecule has 1 atom stereocenters. The van der Waals surface area contributed by atoms with E-state index in [0.717, 1.165) is 6.42 Å². The maximum Gasteiger partial charge on any atom is 0.0409 e. The second-order valence-electron chi connectivity index (χ2n) is 4.26. The van der Waals surface area contributed by atoms with E-state index in [2.05, 4.69) is 43.1 Å². The average Bonchev–Trinajstić information content (AvgIpc) is 2.34.